The number of ether oxygens (including phenoxy) is 4. The molecule has 0 radical (unpaired) electrons. The molecule has 6 nitrogen and oxygen atoms in total. The Labute approximate surface area is 242 Å². The molecule has 2 aromatic carbocycles. The van der Waals surface area contributed by atoms with Crippen LogP contribution in [-0.4, -0.2) is 38.4 Å². The number of allylic oxidation sites excluding steroid dienone is 4. The molecule has 4 aliphatic carbocycles. The number of fused-ring (bicyclic) bond motifs is 4. The number of rotatable bonds is 12. The van der Waals surface area contributed by atoms with E-state index in [0.29, 0.717) is 36.9 Å². The Hall–Kier alpha value is -3.54. The molecule has 6 unspecified atom stereocenters. The first-order valence-corrected chi connectivity index (χ1v) is 15.0. The SMILES string of the molecule is CC(C)(c1ccc(OCCOC(=O)C2CC3C=CC2C3)cc1)c1ccc(OCCOC(=O)C2CC3C=CC2C3)cc1. The van der Waals surface area contributed by atoms with Gasteiger partial charge in [-0.1, -0.05) is 62.4 Å². The first-order valence-electron chi connectivity index (χ1n) is 15.0. The molecule has 0 heterocycles. The van der Waals surface area contributed by atoms with E-state index in [-0.39, 0.29) is 42.4 Å². The summed E-state index contributed by atoms with van der Waals surface area (Å²) in [5.74, 6) is 3.20. The Balaban J connectivity index is 0.921. The van der Waals surface area contributed by atoms with Crippen molar-refractivity contribution in [2.75, 3.05) is 26.4 Å². The summed E-state index contributed by atoms with van der Waals surface area (Å²) in [4.78, 5) is 24.7. The lowest BCUT2D eigenvalue weighted by atomic mass is 9.78. The minimum Gasteiger partial charge on any atom is -0.490 e. The van der Waals surface area contributed by atoms with E-state index >= 15 is 0 Å². The molecule has 0 spiro atoms. The zero-order chi connectivity index (χ0) is 28.4. The third-order valence-electron chi connectivity index (χ3n) is 9.51. The van der Waals surface area contributed by atoms with E-state index in [2.05, 4.69) is 62.4 Å². The molecule has 6 rings (SSSR count). The van der Waals surface area contributed by atoms with E-state index < -0.39 is 0 Å². The van der Waals surface area contributed by atoms with Crippen molar-refractivity contribution in [3.05, 3.63) is 84.0 Å². The van der Waals surface area contributed by atoms with Crippen LogP contribution in [0.2, 0.25) is 0 Å². The highest BCUT2D eigenvalue weighted by molar-refractivity contribution is 5.74. The van der Waals surface area contributed by atoms with Crippen molar-refractivity contribution < 1.29 is 28.5 Å². The van der Waals surface area contributed by atoms with Crippen LogP contribution in [0.15, 0.2) is 72.8 Å². The average Bonchev–Trinajstić information content (AvgIpc) is 3.81. The summed E-state index contributed by atoms with van der Waals surface area (Å²) in [7, 11) is 0. The molecule has 4 bridgehead atoms. The van der Waals surface area contributed by atoms with E-state index in [1.807, 2.05) is 24.3 Å². The predicted octanol–water partition coefficient (Wildman–Crippen LogP) is 6.28. The smallest absolute Gasteiger partial charge is 0.309 e. The van der Waals surface area contributed by atoms with E-state index in [4.69, 9.17) is 18.9 Å². The molecule has 0 aliphatic heterocycles. The van der Waals surface area contributed by atoms with Gasteiger partial charge < -0.3 is 18.9 Å². The number of carbonyl (C=O) groups excluding carboxylic acids is 2. The molecule has 0 amide bonds. The minimum absolute atomic E-state index is 0.0196. The second-order valence-electron chi connectivity index (χ2n) is 12.5. The molecular weight excluding hydrogens is 516 g/mol. The standard InChI is InChI=1S/C35H40O6/c1-35(2,27-7-11-29(12-8-27)38-15-17-40-33(36)31-21-23-3-5-25(31)19-23)28-9-13-30(14-10-28)39-16-18-41-34(37)32-22-24-4-6-26(32)20-24/h3-14,23-26,31-32H,15-22H2,1-2H3. The molecule has 4 aliphatic rings. The molecule has 2 aromatic rings. The summed E-state index contributed by atoms with van der Waals surface area (Å²) in [6.07, 6.45) is 12.8. The lowest BCUT2D eigenvalue weighted by Gasteiger charge is -2.26. The van der Waals surface area contributed by atoms with Crippen molar-refractivity contribution in [1.29, 1.82) is 0 Å². The lowest BCUT2D eigenvalue weighted by Crippen LogP contribution is -2.23. The van der Waals surface area contributed by atoms with Crippen LogP contribution >= 0.6 is 0 Å². The van der Waals surface area contributed by atoms with Crippen molar-refractivity contribution in [2.24, 2.45) is 35.5 Å². The van der Waals surface area contributed by atoms with Crippen LogP contribution in [0.5, 0.6) is 11.5 Å². The summed E-state index contributed by atoms with van der Waals surface area (Å²) in [6.45, 7) is 5.58. The highest BCUT2D eigenvalue weighted by Gasteiger charge is 2.41. The van der Waals surface area contributed by atoms with Gasteiger partial charge in [-0.25, -0.2) is 0 Å². The van der Waals surface area contributed by atoms with Gasteiger partial charge in [-0.2, -0.15) is 0 Å². The van der Waals surface area contributed by atoms with E-state index in [1.54, 1.807) is 0 Å². The van der Waals surface area contributed by atoms with Gasteiger partial charge in [0.1, 0.15) is 37.9 Å². The number of hydrogen-bond donors (Lipinski definition) is 0. The molecule has 0 saturated heterocycles. The van der Waals surface area contributed by atoms with E-state index in [1.165, 1.54) is 0 Å². The summed E-state index contributed by atoms with van der Waals surface area (Å²) >= 11 is 0. The second-order valence-corrected chi connectivity index (χ2v) is 12.5. The molecule has 6 atom stereocenters. The molecule has 2 saturated carbocycles. The van der Waals surface area contributed by atoms with Gasteiger partial charge >= 0.3 is 11.9 Å². The number of benzene rings is 2. The Bertz CT molecular complexity index is 1190. The molecule has 0 aromatic heterocycles. The second kappa shape index (κ2) is 11.8. The first-order chi connectivity index (χ1) is 19.9. The Morgan fingerprint density at radius 2 is 1.02 bits per heavy atom. The van der Waals surface area contributed by atoms with Crippen molar-refractivity contribution in [3.8, 4) is 11.5 Å². The van der Waals surface area contributed by atoms with Gasteiger partial charge in [0.2, 0.25) is 0 Å². The first kappa shape index (κ1) is 27.6. The molecule has 41 heavy (non-hydrogen) atoms. The minimum atomic E-state index is -0.216. The lowest BCUT2D eigenvalue weighted by molar-refractivity contribution is -0.151. The summed E-state index contributed by atoms with van der Waals surface area (Å²) in [5.41, 5.74) is 2.11. The highest BCUT2D eigenvalue weighted by Crippen LogP contribution is 2.44. The monoisotopic (exact) mass is 556 g/mol. The maximum absolute atomic E-state index is 12.4. The average molecular weight is 557 g/mol. The van der Waals surface area contributed by atoms with Gasteiger partial charge in [0, 0.05) is 5.41 Å². The molecule has 6 heteroatoms. The Kier molecular flexibility index (Phi) is 7.92. The molecule has 0 N–H and O–H groups in total. The van der Waals surface area contributed by atoms with Crippen LogP contribution in [0, 0.1) is 35.5 Å². The Morgan fingerprint density at radius 1 is 0.610 bits per heavy atom. The molecule has 216 valence electrons. The topological polar surface area (TPSA) is 71.1 Å². The maximum atomic E-state index is 12.4. The normalized spacial score (nSPS) is 27.3. The largest absolute Gasteiger partial charge is 0.490 e. The fraction of sp³-hybridized carbons (Fsp3) is 0.486. The van der Waals surface area contributed by atoms with Crippen LogP contribution in [0.25, 0.3) is 0 Å². The van der Waals surface area contributed by atoms with E-state index in [9.17, 15) is 9.59 Å². The fourth-order valence-electron chi connectivity index (χ4n) is 7.02. The quantitative estimate of drug-likeness (QED) is 0.174. The summed E-state index contributed by atoms with van der Waals surface area (Å²) in [5, 5.41) is 0. The zero-order valence-corrected chi connectivity index (χ0v) is 24.0. The van der Waals surface area contributed by atoms with Gasteiger partial charge in [-0.05, 0) is 84.7 Å². The van der Waals surface area contributed by atoms with Gasteiger partial charge in [0.25, 0.3) is 0 Å². The van der Waals surface area contributed by atoms with Gasteiger partial charge in [-0.15, -0.1) is 0 Å². The van der Waals surface area contributed by atoms with Crippen molar-refractivity contribution >= 4 is 11.9 Å². The summed E-state index contributed by atoms with van der Waals surface area (Å²) < 4.78 is 22.6. The predicted molar refractivity (Wildman–Crippen MR) is 156 cm³/mol. The maximum Gasteiger partial charge on any atom is 0.309 e. The van der Waals surface area contributed by atoms with Crippen LogP contribution in [0.1, 0.15) is 50.7 Å². The zero-order valence-electron chi connectivity index (χ0n) is 24.0. The van der Waals surface area contributed by atoms with Gasteiger partial charge in [0.15, 0.2) is 0 Å². The van der Waals surface area contributed by atoms with Crippen molar-refractivity contribution in [3.63, 3.8) is 0 Å². The van der Waals surface area contributed by atoms with Crippen LogP contribution in [0.4, 0.5) is 0 Å². The van der Waals surface area contributed by atoms with Gasteiger partial charge in [0.05, 0.1) is 11.8 Å². The van der Waals surface area contributed by atoms with Crippen LogP contribution in [-0.2, 0) is 24.5 Å². The Morgan fingerprint density at radius 3 is 1.37 bits per heavy atom. The number of carbonyl (C=O) groups is 2. The number of hydrogen-bond acceptors (Lipinski definition) is 6. The van der Waals surface area contributed by atoms with Crippen molar-refractivity contribution in [2.45, 2.75) is 44.9 Å². The van der Waals surface area contributed by atoms with Crippen molar-refractivity contribution in [1.82, 2.24) is 0 Å². The van der Waals surface area contributed by atoms with Crippen LogP contribution < -0.4 is 9.47 Å². The summed E-state index contributed by atoms with van der Waals surface area (Å²) in [6, 6.07) is 16.2. The van der Waals surface area contributed by atoms with Gasteiger partial charge in [-0.3, -0.25) is 9.59 Å². The highest BCUT2D eigenvalue weighted by atomic mass is 16.6. The third-order valence-corrected chi connectivity index (χ3v) is 9.51. The van der Waals surface area contributed by atoms with E-state index in [0.717, 1.165) is 48.3 Å². The molecular formula is C35H40O6. The fourth-order valence-corrected chi connectivity index (χ4v) is 7.02. The number of esters is 2. The van der Waals surface area contributed by atoms with Crippen LogP contribution in [0.3, 0.4) is 0 Å². The third kappa shape index (κ3) is 6.07. The molecule has 2 fully saturated rings.